The van der Waals surface area contributed by atoms with Gasteiger partial charge in [-0.3, -0.25) is 14.8 Å². The number of likely N-dealkylation sites (N-methyl/N-ethyl adjacent to an activating group) is 1. The average Bonchev–Trinajstić information content (AvgIpc) is 2.47. The molecule has 0 bridgehead atoms. The van der Waals surface area contributed by atoms with Crippen LogP contribution in [0.15, 0.2) is 18.6 Å². The smallest absolute Gasteiger partial charge is 0.251 e. The Morgan fingerprint density at radius 3 is 2.79 bits per heavy atom. The number of hydrogen-bond donors (Lipinski definition) is 1. The summed E-state index contributed by atoms with van der Waals surface area (Å²) in [6.45, 7) is 0.385. The molecule has 0 aliphatic heterocycles. The Bertz CT molecular complexity index is 404. The van der Waals surface area contributed by atoms with Gasteiger partial charge in [0.15, 0.2) is 0 Å². The first kappa shape index (κ1) is 13.9. The minimum Gasteiger partial charge on any atom is -0.383 e. The van der Waals surface area contributed by atoms with Crippen LogP contribution in [-0.2, 0) is 11.3 Å². The maximum atomic E-state index is 12.2. The van der Waals surface area contributed by atoms with Crippen molar-refractivity contribution in [2.24, 2.45) is 5.92 Å². The van der Waals surface area contributed by atoms with Crippen LogP contribution in [0.5, 0.6) is 0 Å². The highest BCUT2D eigenvalue weighted by atomic mass is 16.3. The van der Waals surface area contributed by atoms with Gasteiger partial charge in [-0.25, -0.2) is 0 Å². The maximum absolute atomic E-state index is 12.2. The van der Waals surface area contributed by atoms with E-state index in [2.05, 4.69) is 9.97 Å². The lowest BCUT2D eigenvalue weighted by molar-refractivity contribution is -0.143. The molecule has 5 heteroatoms. The van der Waals surface area contributed by atoms with Crippen molar-refractivity contribution < 1.29 is 9.90 Å². The van der Waals surface area contributed by atoms with E-state index in [1.54, 1.807) is 25.6 Å². The SMILES string of the molecule is CN(Cc1cnccn1)C(=O)[C@H](O)C1CCCCC1. The van der Waals surface area contributed by atoms with Gasteiger partial charge < -0.3 is 10.0 Å². The fraction of sp³-hybridized carbons (Fsp3) is 0.643. The van der Waals surface area contributed by atoms with E-state index >= 15 is 0 Å². The molecule has 0 radical (unpaired) electrons. The van der Waals surface area contributed by atoms with Gasteiger partial charge in [0.25, 0.3) is 5.91 Å². The molecule has 1 heterocycles. The monoisotopic (exact) mass is 263 g/mol. The van der Waals surface area contributed by atoms with Crippen LogP contribution in [0.4, 0.5) is 0 Å². The second kappa shape index (κ2) is 6.61. The van der Waals surface area contributed by atoms with Gasteiger partial charge in [-0.1, -0.05) is 19.3 Å². The minimum absolute atomic E-state index is 0.116. The summed E-state index contributed by atoms with van der Waals surface area (Å²) < 4.78 is 0. The van der Waals surface area contributed by atoms with Gasteiger partial charge in [-0.2, -0.15) is 0 Å². The summed E-state index contributed by atoms with van der Waals surface area (Å²) in [6.07, 6.45) is 9.31. The molecule has 0 aromatic carbocycles. The van der Waals surface area contributed by atoms with Gasteiger partial charge in [0.2, 0.25) is 0 Å². The van der Waals surface area contributed by atoms with Gasteiger partial charge in [0.1, 0.15) is 6.10 Å². The Balaban J connectivity index is 1.90. The molecule has 1 amide bonds. The first-order chi connectivity index (χ1) is 9.18. The number of aliphatic hydroxyl groups is 1. The van der Waals surface area contributed by atoms with Crippen molar-refractivity contribution in [2.45, 2.75) is 44.8 Å². The van der Waals surface area contributed by atoms with Crippen molar-refractivity contribution in [3.8, 4) is 0 Å². The molecule has 1 aromatic heterocycles. The van der Waals surface area contributed by atoms with Crippen LogP contribution in [0.2, 0.25) is 0 Å². The van der Waals surface area contributed by atoms with E-state index in [4.69, 9.17) is 0 Å². The number of hydrogen-bond acceptors (Lipinski definition) is 4. The highest BCUT2D eigenvalue weighted by molar-refractivity contribution is 5.80. The average molecular weight is 263 g/mol. The molecule has 5 nitrogen and oxygen atoms in total. The summed E-state index contributed by atoms with van der Waals surface area (Å²) in [4.78, 5) is 21.8. The third kappa shape index (κ3) is 3.73. The van der Waals surface area contributed by atoms with E-state index < -0.39 is 6.10 Å². The van der Waals surface area contributed by atoms with E-state index in [1.165, 1.54) is 11.3 Å². The van der Waals surface area contributed by atoms with E-state index in [1.807, 2.05) is 0 Å². The van der Waals surface area contributed by atoms with Crippen LogP contribution in [0.1, 0.15) is 37.8 Å². The van der Waals surface area contributed by atoms with Crippen molar-refractivity contribution in [1.82, 2.24) is 14.9 Å². The van der Waals surface area contributed by atoms with Crippen molar-refractivity contribution in [2.75, 3.05) is 7.05 Å². The standard InChI is InChI=1S/C14H21N3O2/c1-17(10-12-9-15-7-8-16-12)14(19)13(18)11-5-3-2-4-6-11/h7-9,11,13,18H,2-6,10H2,1H3/t13-/m1/s1. The maximum Gasteiger partial charge on any atom is 0.251 e. The lowest BCUT2D eigenvalue weighted by atomic mass is 9.85. The predicted molar refractivity (Wildman–Crippen MR) is 71.1 cm³/mol. The van der Waals surface area contributed by atoms with Gasteiger partial charge in [0, 0.05) is 19.4 Å². The van der Waals surface area contributed by atoms with Crippen LogP contribution in [-0.4, -0.2) is 39.0 Å². The molecule has 19 heavy (non-hydrogen) atoms. The minimum atomic E-state index is -0.873. The number of aliphatic hydroxyl groups excluding tert-OH is 1. The third-order valence-electron chi connectivity index (χ3n) is 3.74. The Labute approximate surface area is 113 Å². The number of rotatable bonds is 4. The zero-order valence-electron chi connectivity index (χ0n) is 11.3. The molecule has 104 valence electrons. The second-order valence-electron chi connectivity index (χ2n) is 5.23. The van der Waals surface area contributed by atoms with Crippen LogP contribution >= 0.6 is 0 Å². The Morgan fingerprint density at radius 2 is 2.16 bits per heavy atom. The van der Waals surface area contributed by atoms with Gasteiger partial charge in [0.05, 0.1) is 18.4 Å². The van der Waals surface area contributed by atoms with Crippen LogP contribution in [0, 0.1) is 5.92 Å². The zero-order valence-corrected chi connectivity index (χ0v) is 11.3. The largest absolute Gasteiger partial charge is 0.383 e. The van der Waals surface area contributed by atoms with E-state index in [9.17, 15) is 9.90 Å². The van der Waals surface area contributed by atoms with Gasteiger partial charge in [-0.15, -0.1) is 0 Å². The summed E-state index contributed by atoms with van der Waals surface area (Å²) in [7, 11) is 1.70. The summed E-state index contributed by atoms with van der Waals surface area (Å²) in [5.41, 5.74) is 0.731. The lowest BCUT2D eigenvalue weighted by Gasteiger charge is -2.28. The summed E-state index contributed by atoms with van der Waals surface area (Å²) in [6, 6.07) is 0. The third-order valence-corrected chi connectivity index (χ3v) is 3.74. The fourth-order valence-electron chi connectivity index (χ4n) is 2.61. The molecule has 1 saturated carbocycles. The predicted octanol–water partition coefficient (Wildman–Crippen LogP) is 1.38. The van der Waals surface area contributed by atoms with Crippen LogP contribution in [0.25, 0.3) is 0 Å². The Morgan fingerprint density at radius 1 is 1.42 bits per heavy atom. The van der Waals surface area contributed by atoms with Crippen molar-refractivity contribution in [1.29, 1.82) is 0 Å². The van der Waals surface area contributed by atoms with Crippen molar-refractivity contribution in [3.63, 3.8) is 0 Å². The van der Waals surface area contributed by atoms with E-state index in [0.29, 0.717) is 6.54 Å². The van der Waals surface area contributed by atoms with Crippen molar-refractivity contribution >= 4 is 5.91 Å². The number of carbonyl (C=O) groups excluding carboxylic acids is 1. The van der Waals surface area contributed by atoms with Gasteiger partial charge >= 0.3 is 0 Å². The molecule has 1 atom stereocenters. The lowest BCUT2D eigenvalue weighted by Crippen LogP contribution is -2.41. The number of carbonyl (C=O) groups is 1. The number of aromatic nitrogens is 2. The summed E-state index contributed by atoms with van der Waals surface area (Å²) >= 11 is 0. The van der Waals surface area contributed by atoms with Gasteiger partial charge in [-0.05, 0) is 18.8 Å². The summed E-state index contributed by atoms with van der Waals surface area (Å²) in [5, 5.41) is 10.2. The van der Waals surface area contributed by atoms with E-state index in [0.717, 1.165) is 31.4 Å². The Kier molecular flexibility index (Phi) is 4.85. The van der Waals surface area contributed by atoms with Crippen LogP contribution < -0.4 is 0 Å². The molecule has 1 aliphatic carbocycles. The first-order valence-corrected chi connectivity index (χ1v) is 6.86. The highest BCUT2D eigenvalue weighted by Crippen LogP contribution is 2.27. The molecule has 1 N–H and O–H groups in total. The first-order valence-electron chi connectivity index (χ1n) is 6.86. The molecule has 0 saturated heterocycles. The number of nitrogens with zero attached hydrogens (tertiary/aromatic N) is 3. The molecule has 1 aliphatic rings. The topological polar surface area (TPSA) is 66.3 Å². The quantitative estimate of drug-likeness (QED) is 0.891. The second-order valence-corrected chi connectivity index (χ2v) is 5.23. The molecule has 1 fully saturated rings. The molecular weight excluding hydrogens is 242 g/mol. The van der Waals surface area contributed by atoms with Crippen LogP contribution in [0.3, 0.4) is 0 Å². The van der Waals surface area contributed by atoms with Crippen molar-refractivity contribution in [3.05, 3.63) is 24.3 Å². The zero-order chi connectivity index (χ0) is 13.7. The van der Waals surface area contributed by atoms with E-state index in [-0.39, 0.29) is 11.8 Å². The molecule has 1 aromatic rings. The Hall–Kier alpha value is -1.49. The highest BCUT2D eigenvalue weighted by Gasteiger charge is 2.29. The fourth-order valence-corrected chi connectivity index (χ4v) is 2.61. The normalized spacial score (nSPS) is 18.0. The molecule has 0 unspecified atom stereocenters. The number of amides is 1. The summed E-state index contributed by atoms with van der Waals surface area (Å²) in [5.74, 6) is -0.0943. The molecule has 0 spiro atoms. The molecule has 2 rings (SSSR count). The molecular formula is C14H21N3O2.